The number of hydrogen-bond acceptors (Lipinski definition) is 3. The van der Waals surface area contributed by atoms with E-state index in [1.54, 1.807) is 12.1 Å². The molecule has 0 aliphatic rings. The van der Waals surface area contributed by atoms with E-state index in [0.717, 1.165) is 16.7 Å². The molecule has 0 aliphatic carbocycles. The van der Waals surface area contributed by atoms with Crippen LogP contribution in [-0.4, -0.2) is 22.2 Å². The van der Waals surface area contributed by atoms with Gasteiger partial charge in [0.2, 0.25) is 0 Å². The number of hydrogen-bond donors (Lipinski definition) is 3. The van der Waals surface area contributed by atoms with Gasteiger partial charge in [-0.25, -0.2) is 0 Å². The van der Waals surface area contributed by atoms with Crippen molar-refractivity contribution in [3.8, 4) is 5.75 Å². The second-order valence-corrected chi connectivity index (χ2v) is 3.71. The monoisotopic (exact) mass is 243 g/mol. The molecule has 90 valence electrons. The Kier molecular flexibility index (Phi) is 5.33. The first kappa shape index (κ1) is 14.8. The summed E-state index contributed by atoms with van der Waals surface area (Å²) in [6.07, 6.45) is 0.285. The van der Waals surface area contributed by atoms with Crippen LogP contribution in [0.3, 0.4) is 0 Å². The maximum Gasteiger partial charge on any atom is 0.320 e. The van der Waals surface area contributed by atoms with Crippen LogP contribution in [0.5, 0.6) is 5.75 Å². The van der Waals surface area contributed by atoms with Gasteiger partial charge in [0, 0.05) is 0 Å². The fourth-order valence-electron chi connectivity index (χ4n) is 1.60. The van der Waals surface area contributed by atoms with Crippen molar-refractivity contribution < 1.29 is 15.0 Å². The normalized spacial score (nSPS) is 11.7. The van der Waals surface area contributed by atoms with E-state index in [1.165, 1.54) is 0 Å². The number of carbonyl (C=O) groups is 1. The van der Waals surface area contributed by atoms with Crippen LogP contribution in [-0.2, 0) is 11.2 Å². The zero-order chi connectivity index (χ0) is 11.6. The molecule has 1 atom stereocenters. The molecular formula is C11H17NO3S. The van der Waals surface area contributed by atoms with Gasteiger partial charge in [0.15, 0.2) is 0 Å². The zero-order valence-electron chi connectivity index (χ0n) is 9.32. The minimum Gasteiger partial charge on any atom is -0.508 e. The van der Waals surface area contributed by atoms with E-state index >= 15 is 0 Å². The summed E-state index contributed by atoms with van der Waals surface area (Å²) in [6.45, 7) is 3.66. The Morgan fingerprint density at radius 1 is 1.38 bits per heavy atom. The Bertz CT molecular complexity index is 370. The lowest BCUT2D eigenvalue weighted by Gasteiger charge is -2.12. The standard InChI is InChI=1S/C11H15NO3.H2S/c1-6-3-8(13)4-7(2)9(6)5-10(12)11(14)15;/h3-4,10,13H,5,12H2,1-2H3,(H,14,15);1H2. The van der Waals surface area contributed by atoms with Crippen molar-refractivity contribution in [2.24, 2.45) is 5.73 Å². The molecule has 0 fully saturated rings. The van der Waals surface area contributed by atoms with Crippen LogP contribution in [0.15, 0.2) is 12.1 Å². The molecule has 4 N–H and O–H groups in total. The van der Waals surface area contributed by atoms with Crippen molar-refractivity contribution in [2.45, 2.75) is 26.3 Å². The minimum absolute atomic E-state index is 0. The van der Waals surface area contributed by atoms with E-state index in [9.17, 15) is 9.90 Å². The number of phenols is 1. The lowest BCUT2D eigenvalue weighted by atomic mass is 9.96. The fourth-order valence-corrected chi connectivity index (χ4v) is 1.60. The Hall–Kier alpha value is -1.20. The van der Waals surface area contributed by atoms with Gasteiger partial charge in [-0.15, -0.1) is 0 Å². The summed E-state index contributed by atoms with van der Waals surface area (Å²) in [4.78, 5) is 10.6. The SMILES string of the molecule is Cc1cc(O)cc(C)c1CC(N)C(=O)O.S. The second kappa shape index (κ2) is 5.77. The zero-order valence-corrected chi connectivity index (χ0v) is 10.3. The summed E-state index contributed by atoms with van der Waals surface area (Å²) in [5.74, 6) is -0.820. The van der Waals surface area contributed by atoms with E-state index in [4.69, 9.17) is 10.8 Å². The molecule has 0 aliphatic heterocycles. The number of carboxylic acid groups (broad SMARTS) is 1. The summed E-state index contributed by atoms with van der Waals surface area (Å²) in [5.41, 5.74) is 8.08. The molecule has 0 saturated heterocycles. The van der Waals surface area contributed by atoms with Crippen molar-refractivity contribution in [3.63, 3.8) is 0 Å². The highest BCUT2D eigenvalue weighted by atomic mass is 32.1. The molecule has 0 radical (unpaired) electrons. The molecule has 1 aromatic rings. The molecule has 0 aromatic heterocycles. The maximum atomic E-state index is 10.6. The summed E-state index contributed by atoms with van der Waals surface area (Å²) in [7, 11) is 0. The predicted octanol–water partition coefficient (Wildman–Crippen LogP) is 1.08. The first-order valence-electron chi connectivity index (χ1n) is 4.69. The summed E-state index contributed by atoms with van der Waals surface area (Å²) in [6, 6.07) is 2.32. The van der Waals surface area contributed by atoms with Gasteiger partial charge in [0.05, 0.1) is 0 Å². The third kappa shape index (κ3) is 3.43. The van der Waals surface area contributed by atoms with Gasteiger partial charge in [-0.1, -0.05) is 0 Å². The van der Waals surface area contributed by atoms with Crippen LogP contribution in [0.4, 0.5) is 0 Å². The smallest absolute Gasteiger partial charge is 0.320 e. The molecule has 1 unspecified atom stereocenters. The van der Waals surface area contributed by atoms with E-state index in [1.807, 2.05) is 13.8 Å². The van der Waals surface area contributed by atoms with Crippen molar-refractivity contribution >= 4 is 19.5 Å². The van der Waals surface area contributed by atoms with Gasteiger partial charge in [0.1, 0.15) is 11.8 Å². The fraction of sp³-hybridized carbons (Fsp3) is 0.364. The molecule has 1 aromatic carbocycles. The minimum atomic E-state index is -1.01. The summed E-state index contributed by atoms with van der Waals surface area (Å²) >= 11 is 0. The first-order chi connectivity index (χ1) is 6.91. The van der Waals surface area contributed by atoms with E-state index in [-0.39, 0.29) is 25.7 Å². The molecule has 16 heavy (non-hydrogen) atoms. The molecule has 0 spiro atoms. The third-order valence-corrected chi connectivity index (χ3v) is 2.42. The Labute approximate surface area is 102 Å². The number of aryl methyl sites for hydroxylation is 2. The highest BCUT2D eigenvalue weighted by Crippen LogP contribution is 2.21. The number of nitrogens with two attached hydrogens (primary N) is 1. The molecule has 0 heterocycles. The molecule has 0 bridgehead atoms. The Morgan fingerprint density at radius 3 is 2.19 bits per heavy atom. The summed E-state index contributed by atoms with van der Waals surface area (Å²) < 4.78 is 0. The lowest BCUT2D eigenvalue weighted by molar-refractivity contribution is -0.138. The molecule has 0 amide bonds. The van der Waals surface area contributed by atoms with Gasteiger partial charge < -0.3 is 15.9 Å². The van der Waals surface area contributed by atoms with Gasteiger partial charge in [-0.2, -0.15) is 13.5 Å². The van der Waals surface area contributed by atoms with E-state index < -0.39 is 12.0 Å². The highest BCUT2D eigenvalue weighted by Gasteiger charge is 2.15. The molecule has 5 heteroatoms. The van der Waals surface area contributed by atoms with Crippen LogP contribution in [0.1, 0.15) is 16.7 Å². The highest BCUT2D eigenvalue weighted by molar-refractivity contribution is 7.59. The lowest BCUT2D eigenvalue weighted by Crippen LogP contribution is -2.32. The predicted molar refractivity (Wildman–Crippen MR) is 67.3 cm³/mol. The molecule has 1 rings (SSSR count). The van der Waals surface area contributed by atoms with Crippen LogP contribution >= 0.6 is 13.5 Å². The van der Waals surface area contributed by atoms with Crippen LogP contribution in [0.25, 0.3) is 0 Å². The number of benzene rings is 1. The van der Waals surface area contributed by atoms with E-state index in [2.05, 4.69) is 0 Å². The maximum absolute atomic E-state index is 10.6. The average Bonchev–Trinajstić information content (AvgIpc) is 2.10. The van der Waals surface area contributed by atoms with Crippen molar-refractivity contribution in [1.29, 1.82) is 0 Å². The summed E-state index contributed by atoms with van der Waals surface area (Å²) in [5, 5.41) is 18.0. The Balaban J connectivity index is 0.00000225. The van der Waals surface area contributed by atoms with Crippen molar-refractivity contribution in [3.05, 3.63) is 28.8 Å². The number of phenolic OH excluding ortho intramolecular Hbond substituents is 1. The van der Waals surface area contributed by atoms with Crippen LogP contribution in [0.2, 0.25) is 0 Å². The van der Waals surface area contributed by atoms with Gasteiger partial charge in [-0.3, -0.25) is 4.79 Å². The Morgan fingerprint density at radius 2 is 1.81 bits per heavy atom. The van der Waals surface area contributed by atoms with Crippen molar-refractivity contribution in [2.75, 3.05) is 0 Å². The number of carboxylic acids is 1. The van der Waals surface area contributed by atoms with Crippen LogP contribution in [0, 0.1) is 13.8 Å². The van der Waals surface area contributed by atoms with E-state index in [0.29, 0.717) is 0 Å². The molecule has 0 saturated carbocycles. The second-order valence-electron chi connectivity index (χ2n) is 3.71. The quantitative estimate of drug-likeness (QED) is 0.741. The first-order valence-corrected chi connectivity index (χ1v) is 4.69. The number of aliphatic carboxylic acids is 1. The van der Waals surface area contributed by atoms with Crippen molar-refractivity contribution in [1.82, 2.24) is 0 Å². The van der Waals surface area contributed by atoms with Gasteiger partial charge >= 0.3 is 5.97 Å². The molecular weight excluding hydrogens is 226 g/mol. The third-order valence-electron chi connectivity index (χ3n) is 2.42. The molecule has 4 nitrogen and oxygen atoms in total. The van der Waals surface area contributed by atoms with Gasteiger partial charge in [-0.05, 0) is 49.1 Å². The number of rotatable bonds is 3. The average molecular weight is 243 g/mol. The topological polar surface area (TPSA) is 83.5 Å². The largest absolute Gasteiger partial charge is 0.508 e. The number of aromatic hydroxyl groups is 1. The van der Waals surface area contributed by atoms with Gasteiger partial charge in [0.25, 0.3) is 0 Å². The van der Waals surface area contributed by atoms with Crippen LogP contribution < -0.4 is 5.73 Å².